The molecule has 0 radical (unpaired) electrons. The third kappa shape index (κ3) is 1.72. The van der Waals surface area contributed by atoms with Crippen molar-refractivity contribution in [2.75, 3.05) is 5.73 Å². The van der Waals surface area contributed by atoms with Crippen LogP contribution in [0, 0.1) is 0 Å². The molecule has 2 heterocycles. The summed E-state index contributed by atoms with van der Waals surface area (Å²) in [6, 6.07) is 13.9. The Morgan fingerprint density at radius 3 is 2.59 bits per heavy atom. The number of anilines is 1. The fraction of sp³-hybridized carbons (Fsp3) is 0. The third-order valence-electron chi connectivity index (χ3n) is 2.53. The summed E-state index contributed by atoms with van der Waals surface area (Å²) < 4.78 is 5.11. The highest BCUT2D eigenvalue weighted by molar-refractivity contribution is 7.13. The second-order valence-corrected chi connectivity index (χ2v) is 4.56. The van der Waals surface area contributed by atoms with Gasteiger partial charge in [-0.1, -0.05) is 41.6 Å². The van der Waals surface area contributed by atoms with Crippen LogP contribution >= 0.6 is 11.3 Å². The maximum absolute atomic E-state index is 5.85. The van der Waals surface area contributed by atoms with Crippen LogP contribution in [-0.2, 0) is 0 Å². The van der Waals surface area contributed by atoms with E-state index in [1.165, 1.54) is 0 Å². The Balaban J connectivity index is 2.20. The summed E-state index contributed by atoms with van der Waals surface area (Å²) in [5.74, 6) is 0.367. The van der Waals surface area contributed by atoms with Crippen LogP contribution < -0.4 is 5.73 Å². The van der Waals surface area contributed by atoms with E-state index in [-0.39, 0.29) is 0 Å². The van der Waals surface area contributed by atoms with Gasteiger partial charge in [0.15, 0.2) is 0 Å². The summed E-state index contributed by atoms with van der Waals surface area (Å²) in [6.07, 6.45) is 0. The van der Waals surface area contributed by atoms with E-state index >= 15 is 0 Å². The van der Waals surface area contributed by atoms with E-state index in [4.69, 9.17) is 10.3 Å². The van der Waals surface area contributed by atoms with Gasteiger partial charge in [0.2, 0.25) is 5.88 Å². The van der Waals surface area contributed by atoms with E-state index in [1.54, 1.807) is 11.3 Å². The number of benzene rings is 1. The van der Waals surface area contributed by atoms with Gasteiger partial charge < -0.3 is 10.3 Å². The summed E-state index contributed by atoms with van der Waals surface area (Å²) in [5.41, 5.74) is 8.54. The van der Waals surface area contributed by atoms with E-state index in [0.29, 0.717) is 5.88 Å². The second kappa shape index (κ2) is 4.07. The van der Waals surface area contributed by atoms with E-state index in [9.17, 15) is 0 Å². The average molecular weight is 242 g/mol. The molecule has 0 spiro atoms. The molecular weight excluding hydrogens is 232 g/mol. The highest BCUT2D eigenvalue weighted by Gasteiger charge is 2.17. The number of hydrogen-bond donors (Lipinski definition) is 1. The molecule has 0 aliphatic carbocycles. The third-order valence-corrected chi connectivity index (χ3v) is 3.42. The van der Waals surface area contributed by atoms with E-state index in [0.717, 1.165) is 21.7 Å². The summed E-state index contributed by atoms with van der Waals surface area (Å²) in [4.78, 5) is 1.07. The molecule has 0 atom stereocenters. The van der Waals surface area contributed by atoms with Crippen molar-refractivity contribution >= 4 is 17.2 Å². The summed E-state index contributed by atoms with van der Waals surface area (Å²) >= 11 is 1.62. The van der Waals surface area contributed by atoms with Crippen LogP contribution in [0.15, 0.2) is 52.4 Å². The largest absolute Gasteiger partial charge is 0.367 e. The van der Waals surface area contributed by atoms with Crippen LogP contribution in [0.2, 0.25) is 0 Å². The van der Waals surface area contributed by atoms with Gasteiger partial charge in [-0.15, -0.1) is 11.3 Å². The number of nitrogen functional groups attached to an aromatic ring is 1. The van der Waals surface area contributed by atoms with Gasteiger partial charge in [-0.25, -0.2) is 0 Å². The zero-order valence-corrected chi connectivity index (χ0v) is 9.78. The van der Waals surface area contributed by atoms with Gasteiger partial charge in [-0.05, 0) is 11.4 Å². The predicted octanol–water partition coefficient (Wildman–Crippen LogP) is 3.65. The summed E-state index contributed by atoms with van der Waals surface area (Å²) in [7, 11) is 0. The topological polar surface area (TPSA) is 52.0 Å². The van der Waals surface area contributed by atoms with Gasteiger partial charge in [0.25, 0.3) is 0 Å². The molecule has 1 aromatic carbocycles. The highest BCUT2D eigenvalue weighted by atomic mass is 32.1. The van der Waals surface area contributed by atoms with E-state index in [1.807, 2.05) is 47.8 Å². The lowest BCUT2D eigenvalue weighted by Crippen LogP contribution is -1.85. The van der Waals surface area contributed by atoms with E-state index in [2.05, 4.69) is 5.16 Å². The molecule has 0 saturated carbocycles. The Morgan fingerprint density at radius 2 is 1.88 bits per heavy atom. The smallest absolute Gasteiger partial charge is 0.231 e. The molecule has 17 heavy (non-hydrogen) atoms. The van der Waals surface area contributed by atoms with Crippen LogP contribution in [0.1, 0.15) is 0 Å². The normalized spacial score (nSPS) is 10.6. The van der Waals surface area contributed by atoms with Gasteiger partial charge in [-0.3, -0.25) is 0 Å². The Bertz CT molecular complexity index is 614. The maximum atomic E-state index is 5.85. The van der Waals surface area contributed by atoms with E-state index < -0.39 is 0 Å². The fourth-order valence-electron chi connectivity index (χ4n) is 1.75. The molecule has 0 bridgehead atoms. The monoisotopic (exact) mass is 242 g/mol. The molecule has 4 heteroatoms. The lowest BCUT2D eigenvalue weighted by molar-refractivity contribution is 0.439. The SMILES string of the molecule is Nc1onc(-c2ccccc2)c1-c1cccs1. The second-order valence-electron chi connectivity index (χ2n) is 3.61. The zero-order valence-electron chi connectivity index (χ0n) is 8.96. The van der Waals surface area contributed by atoms with Crippen molar-refractivity contribution in [3.8, 4) is 21.7 Å². The quantitative estimate of drug-likeness (QED) is 0.746. The molecule has 0 aliphatic heterocycles. The lowest BCUT2D eigenvalue weighted by Gasteiger charge is -1.99. The molecule has 2 aromatic heterocycles. The van der Waals surface area contributed by atoms with Crippen LogP contribution in [0.4, 0.5) is 5.88 Å². The van der Waals surface area contributed by atoms with Gasteiger partial charge >= 0.3 is 0 Å². The average Bonchev–Trinajstić information content (AvgIpc) is 2.99. The summed E-state index contributed by atoms with van der Waals surface area (Å²) in [5, 5.41) is 6.06. The first-order valence-corrected chi connectivity index (χ1v) is 6.08. The van der Waals surface area contributed by atoms with Crippen LogP contribution in [0.3, 0.4) is 0 Å². The number of rotatable bonds is 2. The molecule has 3 aromatic rings. The molecule has 3 rings (SSSR count). The van der Waals surface area contributed by atoms with Crippen LogP contribution in [0.5, 0.6) is 0 Å². The van der Waals surface area contributed by atoms with Crippen molar-refractivity contribution in [1.82, 2.24) is 5.16 Å². The predicted molar refractivity (Wildman–Crippen MR) is 69.7 cm³/mol. The minimum atomic E-state index is 0.367. The molecule has 0 unspecified atom stereocenters. The van der Waals surface area contributed by atoms with Crippen molar-refractivity contribution in [3.63, 3.8) is 0 Å². The molecule has 0 amide bonds. The van der Waals surface area contributed by atoms with Gasteiger partial charge in [0.1, 0.15) is 5.69 Å². The number of hydrogen-bond acceptors (Lipinski definition) is 4. The molecule has 3 nitrogen and oxygen atoms in total. The Labute approximate surface area is 102 Å². The number of thiophene rings is 1. The minimum absolute atomic E-state index is 0.367. The Hall–Kier alpha value is -2.07. The zero-order chi connectivity index (χ0) is 11.7. The highest BCUT2D eigenvalue weighted by Crippen LogP contribution is 2.38. The maximum Gasteiger partial charge on any atom is 0.231 e. The number of nitrogens with zero attached hydrogens (tertiary/aromatic N) is 1. The van der Waals surface area contributed by atoms with Crippen LogP contribution in [0.25, 0.3) is 21.7 Å². The van der Waals surface area contributed by atoms with Crippen molar-refractivity contribution in [2.45, 2.75) is 0 Å². The van der Waals surface area contributed by atoms with Crippen molar-refractivity contribution in [2.24, 2.45) is 0 Å². The first-order chi connectivity index (χ1) is 8.36. The number of aromatic nitrogens is 1. The van der Waals surface area contributed by atoms with Crippen LogP contribution in [-0.4, -0.2) is 5.16 Å². The van der Waals surface area contributed by atoms with Crippen molar-refractivity contribution in [1.29, 1.82) is 0 Å². The first-order valence-electron chi connectivity index (χ1n) is 5.20. The molecular formula is C13H10N2OS. The van der Waals surface area contributed by atoms with Gasteiger partial charge in [0.05, 0.1) is 5.56 Å². The van der Waals surface area contributed by atoms with Crippen molar-refractivity contribution in [3.05, 3.63) is 47.8 Å². The Kier molecular flexibility index (Phi) is 2.42. The van der Waals surface area contributed by atoms with Crippen molar-refractivity contribution < 1.29 is 4.52 Å². The molecule has 0 aliphatic rings. The number of nitrogens with two attached hydrogens (primary N) is 1. The van der Waals surface area contributed by atoms with Gasteiger partial charge in [-0.2, -0.15) is 0 Å². The molecule has 2 N–H and O–H groups in total. The Morgan fingerprint density at radius 1 is 1.06 bits per heavy atom. The molecule has 84 valence electrons. The molecule has 0 saturated heterocycles. The minimum Gasteiger partial charge on any atom is -0.367 e. The fourth-order valence-corrected chi connectivity index (χ4v) is 2.53. The summed E-state index contributed by atoms with van der Waals surface area (Å²) in [6.45, 7) is 0. The standard InChI is InChI=1S/C13H10N2OS/c14-13-11(10-7-4-8-17-10)12(15-16-13)9-5-2-1-3-6-9/h1-8H,14H2. The first kappa shape index (κ1) is 10.1. The lowest BCUT2D eigenvalue weighted by atomic mass is 10.1. The van der Waals surface area contributed by atoms with Gasteiger partial charge in [0, 0.05) is 10.4 Å². The molecule has 0 fully saturated rings.